The predicted molar refractivity (Wildman–Crippen MR) is 57.9 cm³/mol. The van der Waals surface area contributed by atoms with E-state index in [2.05, 4.69) is 25.9 Å². The zero-order valence-electron chi connectivity index (χ0n) is 7.24. The van der Waals surface area contributed by atoms with Crippen molar-refractivity contribution in [3.05, 3.63) is 16.6 Å². The second-order valence-corrected chi connectivity index (χ2v) is 3.35. The maximum atomic E-state index is 10.1. The third-order valence-corrected chi connectivity index (χ3v) is 2.23. The summed E-state index contributed by atoms with van der Waals surface area (Å²) in [6.45, 7) is 0. The van der Waals surface area contributed by atoms with Gasteiger partial charge in [0, 0.05) is 4.47 Å². The lowest BCUT2D eigenvalue weighted by Gasteiger charge is -2.01. The zero-order valence-corrected chi connectivity index (χ0v) is 8.83. The Kier molecular flexibility index (Phi) is 3.54. The Morgan fingerprint density at radius 2 is 1.71 bits per heavy atom. The SMILES string of the molecule is Bc1cc(Br)c(N=C=O)cc1N=C=O. The largest absolute Gasteiger partial charge is 0.240 e. The van der Waals surface area contributed by atoms with E-state index in [0.29, 0.717) is 15.8 Å². The zero-order chi connectivity index (χ0) is 10.6. The third kappa shape index (κ3) is 2.27. The molecule has 0 spiro atoms. The molecular weight excluding hydrogens is 247 g/mol. The minimum absolute atomic E-state index is 0.389. The van der Waals surface area contributed by atoms with E-state index in [9.17, 15) is 9.59 Å². The quantitative estimate of drug-likeness (QED) is 0.440. The molecule has 0 fully saturated rings. The monoisotopic (exact) mass is 250 g/mol. The van der Waals surface area contributed by atoms with Gasteiger partial charge in [-0.15, -0.1) is 0 Å². The number of carbonyl (C=O) groups excluding carboxylic acids is 2. The van der Waals surface area contributed by atoms with Crippen LogP contribution in [0.15, 0.2) is 26.6 Å². The highest BCUT2D eigenvalue weighted by atomic mass is 79.9. The fourth-order valence-corrected chi connectivity index (χ4v) is 1.50. The number of hydrogen-bond donors (Lipinski definition) is 0. The molecule has 0 heterocycles. The van der Waals surface area contributed by atoms with Crippen LogP contribution in [0.5, 0.6) is 0 Å². The van der Waals surface area contributed by atoms with Crippen LogP contribution in [0, 0.1) is 0 Å². The summed E-state index contributed by atoms with van der Waals surface area (Å²) in [6, 6.07) is 3.22. The number of halogens is 1. The van der Waals surface area contributed by atoms with Crippen molar-refractivity contribution in [3.8, 4) is 0 Å². The number of rotatable bonds is 2. The van der Waals surface area contributed by atoms with E-state index in [0.717, 1.165) is 5.46 Å². The van der Waals surface area contributed by atoms with Crippen LogP contribution in [0.3, 0.4) is 0 Å². The Morgan fingerprint density at radius 1 is 1.14 bits per heavy atom. The van der Waals surface area contributed by atoms with Crippen LogP contribution < -0.4 is 5.46 Å². The fourth-order valence-electron chi connectivity index (χ4n) is 0.955. The van der Waals surface area contributed by atoms with Crippen molar-refractivity contribution < 1.29 is 9.59 Å². The summed E-state index contributed by atoms with van der Waals surface area (Å²) in [7, 11) is 1.79. The first kappa shape index (κ1) is 10.6. The Morgan fingerprint density at radius 3 is 2.29 bits per heavy atom. The van der Waals surface area contributed by atoms with E-state index in [1.165, 1.54) is 18.2 Å². The van der Waals surface area contributed by atoms with Gasteiger partial charge in [0.1, 0.15) is 7.85 Å². The van der Waals surface area contributed by atoms with Crippen molar-refractivity contribution in [1.82, 2.24) is 0 Å². The summed E-state index contributed by atoms with van der Waals surface area (Å²) >= 11 is 3.22. The molecule has 0 bridgehead atoms. The summed E-state index contributed by atoms with van der Waals surface area (Å²) < 4.78 is 0.656. The van der Waals surface area contributed by atoms with Crippen LogP contribution in [-0.4, -0.2) is 20.0 Å². The van der Waals surface area contributed by atoms with Crippen LogP contribution in [0.2, 0.25) is 0 Å². The average Bonchev–Trinajstić information content (AvgIpc) is 2.14. The lowest BCUT2D eigenvalue weighted by molar-refractivity contribution is 0.565. The van der Waals surface area contributed by atoms with E-state index >= 15 is 0 Å². The maximum Gasteiger partial charge on any atom is 0.240 e. The van der Waals surface area contributed by atoms with Gasteiger partial charge in [0.05, 0.1) is 11.4 Å². The molecule has 0 aliphatic heterocycles. The van der Waals surface area contributed by atoms with E-state index in [1.54, 1.807) is 13.9 Å². The molecule has 14 heavy (non-hydrogen) atoms. The van der Waals surface area contributed by atoms with Crippen molar-refractivity contribution in [3.63, 3.8) is 0 Å². The summed E-state index contributed by atoms with van der Waals surface area (Å²) in [5, 5.41) is 0. The van der Waals surface area contributed by atoms with Crippen molar-refractivity contribution in [2.45, 2.75) is 0 Å². The molecule has 6 heteroatoms. The molecule has 0 saturated carbocycles. The summed E-state index contributed by atoms with van der Waals surface area (Å²) in [5.74, 6) is 0. The van der Waals surface area contributed by atoms with Crippen LogP contribution in [0.25, 0.3) is 0 Å². The predicted octanol–water partition coefficient (Wildman–Crippen LogP) is 0.642. The van der Waals surface area contributed by atoms with Gasteiger partial charge in [-0.2, -0.15) is 9.98 Å². The molecule has 1 aromatic rings. The van der Waals surface area contributed by atoms with Gasteiger partial charge < -0.3 is 0 Å². The number of isocyanates is 2. The maximum absolute atomic E-state index is 10.1. The number of benzene rings is 1. The van der Waals surface area contributed by atoms with E-state index in [4.69, 9.17) is 0 Å². The van der Waals surface area contributed by atoms with Gasteiger partial charge in [0.15, 0.2) is 0 Å². The smallest absolute Gasteiger partial charge is 0.211 e. The standard InChI is InChI=1S/C8H4BBrN2O2/c9-5-1-6(10)8(12-4-14)2-7(5)11-3-13/h1-2H,9H2. The van der Waals surface area contributed by atoms with Gasteiger partial charge in [0.2, 0.25) is 12.2 Å². The molecule has 0 aromatic heterocycles. The molecule has 68 valence electrons. The molecule has 0 aliphatic carbocycles. The van der Waals surface area contributed by atoms with Gasteiger partial charge in [-0.05, 0) is 28.1 Å². The van der Waals surface area contributed by atoms with E-state index in [1.807, 2.05) is 0 Å². The van der Waals surface area contributed by atoms with Crippen LogP contribution >= 0.6 is 15.9 Å². The first-order chi connectivity index (χ1) is 6.69. The summed E-state index contributed by atoms with van der Waals surface area (Å²) in [6.07, 6.45) is 2.85. The lowest BCUT2D eigenvalue weighted by Crippen LogP contribution is -2.02. The second-order valence-electron chi connectivity index (χ2n) is 2.50. The minimum Gasteiger partial charge on any atom is -0.211 e. The highest BCUT2D eigenvalue weighted by molar-refractivity contribution is 9.10. The van der Waals surface area contributed by atoms with Gasteiger partial charge in [-0.25, -0.2) is 9.59 Å². The number of nitrogens with zero attached hydrogens (tertiary/aromatic N) is 2. The molecule has 1 rings (SSSR count). The highest BCUT2D eigenvalue weighted by Crippen LogP contribution is 2.27. The molecule has 0 amide bonds. The first-order valence-electron chi connectivity index (χ1n) is 3.65. The third-order valence-electron chi connectivity index (χ3n) is 1.60. The molecule has 4 nitrogen and oxygen atoms in total. The van der Waals surface area contributed by atoms with E-state index in [-0.39, 0.29) is 0 Å². The average molecular weight is 251 g/mol. The van der Waals surface area contributed by atoms with Crippen LogP contribution in [0.4, 0.5) is 11.4 Å². The summed E-state index contributed by atoms with van der Waals surface area (Å²) in [4.78, 5) is 27.1. The first-order valence-corrected chi connectivity index (χ1v) is 4.44. The Labute approximate surface area is 89.3 Å². The minimum atomic E-state index is 0.389. The number of aliphatic imine (C=N–C) groups is 2. The lowest BCUT2D eigenvalue weighted by atomic mass is 9.94. The van der Waals surface area contributed by atoms with Gasteiger partial charge >= 0.3 is 0 Å². The fraction of sp³-hybridized carbons (Fsp3) is 0. The van der Waals surface area contributed by atoms with Crippen molar-refractivity contribution in [1.29, 1.82) is 0 Å². The van der Waals surface area contributed by atoms with Crippen molar-refractivity contribution >= 4 is 52.8 Å². The van der Waals surface area contributed by atoms with Crippen LogP contribution in [0.1, 0.15) is 0 Å². The molecule has 0 unspecified atom stereocenters. The summed E-state index contributed by atoms with van der Waals surface area (Å²) in [5.41, 5.74) is 1.63. The molecule has 0 atom stereocenters. The van der Waals surface area contributed by atoms with Crippen molar-refractivity contribution in [2.75, 3.05) is 0 Å². The molecule has 0 aliphatic rings. The van der Waals surface area contributed by atoms with Gasteiger partial charge in [-0.1, -0.05) is 5.46 Å². The molecule has 0 saturated heterocycles. The highest BCUT2D eigenvalue weighted by Gasteiger charge is 2.03. The molecule has 0 N–H and O–H groups in total. The van der Waals surface area contributed by atoms with E-state index < -0.39 is 0 Å². The Bertz CT molecular complexity index is 423. The topological polar surface area (TPSA) is 58.9 Å². The second kappa shape index (κ2) is 4.68. The Hall–Kier alpha value is -1.48. The number of hydrogen-bond acceptors (Lipinski definition) is 4. The molecule has 1 aromatic carbocycles. The Balaban J connectivity index is 3.40. The molecule has 0 radical (unpaired) electrons. The van der Waals surface area contributed by atoms with Crippen molar-refractivity contribution in [2.24, 2.45) is 9.98 Å². The van der Waals surface area contributed by atoms with Crippen LogP contribution in [-0.2, 0) is 9.59 Å². The van der Waals surface area contributed by atoms with Gasteiger partial charge in [0.25, 0.3) is 0 Å². The molecular formula is C8H4BBrN2O2. The normalized spacial score (nSPS) is 8.64. The van der Waals surface area contributed by atoms with Gasteiger partial charge in [-0.3, -0.25) is 0 Å².